The van der Waals surface area contributed by atoms with Crippen LogP contribution in [0.25, 0.3) is 0 Å². The molecule has 5 atom stereocenters. The number of benzene rings is 2. The van der Waals surface area contributed by atoms with Crippen LogP contribution in [0.2, 0.25) is 5.02 Å². The van der Waals surface area contributed by atoms with Crippen LogP contribution in [0, 0.1) is 11.8 Å². The minimum absolute atomic E-state index is 0.0396. The summed E-state index contributed by atoms with van der Waals surface area (Å²) in [5.41, 5.74) is 0.925. The lowest BCUT2D eigenvalue weighted by molar-refractivity contribution is -0.151. The van der Waals surface area contributed by atoms with Gasteiger partial charge in [-0.3, -0.25) is 9.69 Å². The number of sulfonamides is 1. The summed E-state index contributed by atoms with van der Waals surface area (Å²) in [4.78, 5) is 15.1. The predicted molar refractivity (Wildman–Crippen MR) is 160 cm³/mol. The van der Waals surface area contributed by atoms with Gasteiger partial charge in [0.1, 0.15) is 11.9 Å². The maximum Gasteiger partial charge on any atom is 0.306 e. The van der Waals surface area contributed by atoms with E-state index < -0.39 is 28.0 Å². The number of aliphatic hydroxyl groups is 1. The van der Waals surface area contributed by atoms with Crippen LogP contribution in [-0.4, -0.2) is 105 Å². The number of nitrogens with zero attached hydrogens (tertiary/aromatic N) is 2. The van der Waals surface area contributed by atoms with E-state index in [4.69, 9.17) is 25.8 Å². The van der Waals surface area contributed by atoms with Crippen molar-refractivity contribution < 1.29 is 37.6 Å². The fourth-order valence-electron chi connectivity index (χ4n) is 6.27. The highest BCUT2D eigenvalue weighted by Gasteiger charge is 2.40. The molecule has 236 valence electrons. The molecule has 43 heavy (non-hydrogen) atoms. The first-order valence-electron chi connectivity index (χ1n) is 15.0. The number of ether oxygens (including phenoxy) is 3. The number of fused-ring (bicyclic) bond motifs is 1. The van der Waals surface area contributed by atoms with Gasteiger partial charge in [-0.25, -0.2) is 8.42 Å². The lowest BCUT2D eigenvalue weighted by Crippen LogP contribution is -2.46. The largest absolute Gasteiger partial charge is 0.506 e. The fraction of sp³-hybridized carbons (Fsp3) is 0.581. The van der Waals surface area contributed by atoms with Crippen LogP contribution in [0.3, 0.4) is 0 Å². The van der Waals surface area contributed by atoms with Crippen molar-refractivity contribution in [3.63, 3.8) is 0 Å². The Morgan fingerprint density at radius 2 is 1.88 bits per heavy atom. The highest BCUT2D eigenvalue weighted by Crippen LogP contribution is 2.37. The van der Waals surface area contributed by atoms with E-state index in [1.54, 1.807) is 0 Å². The number of phenolic OH excluding ortho intramolecular Hbond substituents is 1. The molecule has 12 heteroatoms. The van der Waals surface area contributed by atoms with Crippen molar-refractivity contribution in [3.05, 3.63) is 59.1 Å². The molecule has 0 bridgehead atoms. The first-order chi connectivity index (χ1) is 20.7. The SMILES string of the molecule is O=C(C[C@@H](Cc1ccccc1)[C@H](O)CN(CCN1CCOCC1)S(=O)(=O)c1ccc(Cl)c(O)c1)OC1CC2CCO[C@@H]2C1. The van der Waals surface area contributed by atoms with Crippen molar-refractivity contribution in [1.82, 2.24) is 9.21 Å². The first-order valence-corrected chi connectivity index (χ1v) is 16.8. The number of morpholine rings is 1. The quantitative estimate of drug-likeness (QED) is 0.319. The van der Waals surface area contributed by atoms with Gasteiger partial charge in [-0.15, -0.1) is 0 Å². The molecule has 3 fully saturated rings. The molecule has 1 saturated carbocycles. The number of carbonyl (C=O) groups excluding carboxylic acids is 1. The molecule has 3 aliphatic rings. The lowest BCUT2D eigenvalue weighted by atomic mass is 9.91. The van der Waals surface area contributed by atoms with Gasteiger partial charge in [-0.2, -0.15) is 4.31 Å². The van der Waals surface area contributed by atoms with Gasteiger partial charge in [0, 0.05) is 57.7 Å². The molecule has 2 saturated heterocycles. The molecule has 2 heterocycles. The van der Waals surface area contributed by atoms with Crippen molar-refractivity contribution in [2.45, 2.75) is 55.3 Å². The van der Waals surface area contributed by atoms with Crippen molar-refractivity contribution >= 4 is 27.6 Å². The molecule has 2 N–H and O–H groups in total. The molecule has 2 aromatic rings. The molecule has 2 unspecified atom stereocenters. The van der Waals surface area contributed by atoms with Crippen molar-refractivity contribution in [1.29, 1.82) is 0 Å². The zero-order valence-electron chi connectivity index (χ0n) is 24.2. The van der Waals surface area contributed by atoms with E-state index >= 15 is 0 Å². The fourth-order valence-corrected chi connectivity index (χ4v) is 7.86. The molecule has 2 aromatic carbocycles. The third-order valence-electron chi connectivity index (χ3n) is 8.73. The molecule has 0 aromatic heterocycles. The minimum Gasteiger partial charge on any atom is -0.506 e. The molecule has 5 rings (SSSR count). The van der Waals surface area contributed by atoms with Gasteiger partial charge < -0.3 is 24.4 Å². The minimum atomic E-state index is -4.13. The number of aromatic hydroxyl groups is 1. The van der Waals surface area contributed by atoms with Crippen LogP contribution in [0.4, 0.5) is 0 Å². The maximum absolute atomic E-state index is 13.8. The number of hydrogen-bond acceptors (Lipinski definition) is 9. The van der Waals surface area contributed by atoms with Gasteiger partial charge in [0.2, 0.25) is 10.0 Å². The van der Waals surface area contributed by atoms with Crippen LogP contribution in [0.1, 0.15) is 31.2 Å². The summed E-state index contributed by atoms with van der Waals surface area (Å²) >= 11 is 5.94. The van der Waals surface area contributed by atoms with Crippen molar-refractivity contribution in [2.75, 3.05) is 52.5 Å². The third-order valence-corrected chi connectivity index (χ3v) is 10.9. The van der Waals surface area contributed by atoms with Crippen LogP contribution in [-0.2, 0) is 35.4 Å². The van der Waals surface area contributed by atoms with E-state index in [2.05, 4.69) is 4.90 Å². The Morgan fingerprint density at radius 1 is 1.12 bits per heavy atom. The average molecular weight is 637 g/mol. The molecule has 10 nitrogen and oxygen atoms in total. The zero-order valence-corrected chi connectivity index (χ0v) is 25.8. The number of phenols is 1. The van der Waals surface area contributed by atoms with E-state index in [1.807, 2.05) is 30.3 Å². The molecule has 2 aliphatic heterocycles. The summed E-state index contributed by atoms with van der Waals surface area (Å²) in [6, 6.07) is 13.3. The summed E-state index contributed by atoms with van der Waals surface area (Å²) in [6.07, 6.45) is 1.53. The standard InChI is InChI=1S/C31H41ClN2O8S/c32-27-7-6-26(20-28(27)35)43(38,39)34(10-9-33-11-14-40-15-12-33)21-29(36)24(16-22-4-2-1-3-5-22)18-31(37)42-25-17-23-8-13-41-30(23)19-25/h1-7,20,23-25,29-30,35-36H,8-19,21H2/t23?,24-,25?,29-,30-/m1/s1. The Bertz CT molecular complexity index is 1310. The third kappa shape index (κ3) is 8.48. The smallest absolute Gasteiger partial charge is 0.306 e. The van der Waals surface area contributed by atoms with Gasteiger partial charge in [0.25, 0.3) is 0 Å². The van der Waals surface area contributed by atoms with E-state index in [0.29, 0.717) is 51.6 Å². The van der Waals surface area contributed by atoms with Gasteiger partial charge in [-0.05, 0) is 42.9 Å². The number of esters is 1. The van der Waals surface area contributed by atoms with Crippen LogP contribution in [0.5, 0.6) is 5.75 Å². The number of hydrogen-bond donors (Lipinski definition) is 2. The van der Waals surface area contributed by atoms with Crippen LogP contribution >= 0.6 is 11.6 Å². The molecule has 1 aliphatic carbocycles. The monoisotopic (exact) mass is 636 g/mol. The highest BCUT2D eigenvalue weighted by molar-refractivity contribution is 7.89. The maximum atomic E-state index is 13.8. The van der Waals surface area contributed by atoms with Crippen LogP contribution < -0.4 is 0 Å². The van der Waals surface area contributed by atoms with Crippen molar-refractivity contribution in [2.24, 2.45) is 11.8 Å². The summed E-state index contributed by atoms with van der Waals surface area (Å²) < 4.78 is 45.9. The molecular formula is C31H41ClN2O8S. The highest BCUT2D eigenvalue weighted by atomic mass is 35.5. The zero-order chi connectivity index (χ0) is 30.4. The Morgan fingerprint density at radius 3 is 2.60 bits per heavy atom. The normalized spacial score (nSPS) is 24.1. The van der Waals surface area contributed by atoms with Crippen molar-refractivity contribution in [3.8, 4) is 5.75 Å². The van der Waals surface area contributed by atoms with E-state index in [9.17, 15) is 23.4 Å². The second-order valence-corrected chi connectivity index (χ2v) is 14.0. The molecule has 0 amide bonds. The number of aliphatic hydroxyl groups excluding tert-OH is 1. The van der Waals surface area contributed by atoms with Gasteiger partial charge in [0.05, 0.1) is 41.8 Å². The summed E-state index contributed by atoms with van der Waals surface area (Å²) in [5.74, 6) is -0.925. The first kappa shape index (κ1) is 32.2. The Hall–Kier alpha value is -2.25. The molecule has 0 radical (unpaired) electrons. The summed E-state index contributed by atoms with van der Waals surface area (Å²) in [6.45, 7) is 3.54. The number of halogens is 1. The second kappa shape index (κ2) is 14.7. The molecular weight excluding hydrogens is 596 g/mol. The van der Waals surface area contributed by atoms with Gasteiger partial charge >= 0.3 is 5.97 Å². The predicted octanol–water partition coefficient (Wildman–Crippen LogP) is 3.09. The average Bonchev–Trinajstić information content (AvgIpc) is 3.59. The molecule has 0 spiro atoms. The lowest BCUT2D eigenvalue weighted by Gasteiger charge is -2.32. The van der Waals surface area contributed by atoms with E-state index in [0.717, 1.165) is 31.1 Å². The Kier molecular flexibility index (Phi) is 11.0. The number of rotatable bonds is 13. The Balaban J connectivity index is 1.32. The Labute approximate surface area is 258 Å². The number of carbonyl (C=O) groups is 1. The van der Waals surface area contributed by atoms with Crippen LogP contribution in [0.15, 0.2) is 53.4 Å². The second-order valence-electron chi connectivity index (χ2n) is 11.7. The summed E-state index contributed by atoms with van der Waals surface area (Å²) in [7, 11) is -4.13. The van der Waals surface area contributed by atoms with Gasteiger partial charge in [-0.1, -0.05) is 41.9 Å². The van der Waals surface area contributed by atoms with E-state index in [-0.39, 0.29) is 47.4 Å². The topological polar surface area (TPSA) is 126 Å². The van der Waals surface area contributed by atoms with E-state index in [1.165, 1.54) is 16.4 Å². The summed E-state index contributed by atoms with van der Waals surface area (Å²) in [5, 5.41) is 21.8. The van der Waals surface area contributed by atoms with Gasteiger partial charge in [0.15, 0.2) is 0 Å².